The first-order chi connectivity index (χ1) is 6.25. The van der Waals surface area contributed by atoms with Gasteiger partial charge in [0.2, 0.25) is 5.91 Å². The van der Waals surface area contributed by atoms with Gasteiger partial charge in [0.25, 0.3) is 0 Å². The van der Waals surface area contributed by atoms with E-state index in [0.29, 0.717) is 6.42 Å². The predicted octanol–water partition coefficient (Wildman–Crippen LogP) is 1.95. The number of carbonyl (C=O) groups is 1. The normalized spacial score (nSPS) is 21.6. The zero-order valence-electron chi connectivity index (χ0n) is 7.71. The predicted molar refractivity (Wildman–Crippen MR) is 51.3 cm³/mol. The molecule has 0 spiro atoms. The molecule has 1 aliphatic rings. The van der Waals surface area contributed by atoms with E-state index in [9.17, 15) is 4.79 Å². The molecule has 0 aliphatic carbocycles. The van der Waals surface area contributed by atoms with Crippen molar-refractivity contribution < 1.29 is 4.79 Å². The van der Waals surface area contributed by atoms with Gasteiger partial charge in [0, 0.05) is 6.42 Å². The van der Waals surface area contributed by atoms with Gasteiger partial charge in [0.15, 0.2) is 0 Å². The third kappa shape index (κ3) is 1.72. The number of aryl methyl sites for hydroxylation is 1. The van der Waals surface area contributed by atoms with Gasteiger partial charge in [-0.2, -0.15) is 0 Å². The van der Waals surface area contributed by atoms with Crippen LogP contribution in [-0.4, -0.2) is 5.91 Å². The quantitative estimate of drug-likeness (QED) is 0.694. The van der Waals surface area contributed by atoms with Crippen molar-refractivity contribution in [3.05, 3.63) is 35.4 Å². The first-order valence-corrected chi connectivity index (χ1v) is 4.61. The number of benzene rings is 1. The molecule has 0 radical (unpaired) electrons. The number of carbonyl (C=O) groups excluding carboxylic acids is 1. The zero-order chi connectivity index (χ0) is 9.26. The second kappa shape index (κ2) is 3.21. The number of hydrogen-bond donors (Lipinski definition) is 1. The second-order valence-electron chi connectivity index (χ2n) is 3.57. The maximum atomic E-state index is 11.0. The summed E-state index contributed by atoms with van der Waals surface area (Å²) in [5.41, 5.74) is 2.48. The molecule has 1 aromatic carbocycles. The van der Waals surface area contributed by atoms with Gasteiger partial charge in [-0.3, -0.25) is 4.79 Å². The summed E-state index contributed by atoms with van der Waals surface area (Å²) in [6.45, 7) is 2.07. The van der Waals surface area contributed by atoms with Crippen molar-refractivity contribution in [3.63, 3.8) is 0 Å². The number of nitrogens with one attached hydrogen (secondary N) is 1. The van der Waals surface area contributed by atoms with Crippen molar-refractivity contribution in [2.24, 2.45) is 0 Å². The molecule has 1 aromatic rings. The first-order valence-electron chi connectivity index (χ1n) is 4.61. The summed E-state index contributed by atoms with van der Waals surface area (Å²) in [6, 6.07) is 8.59. The van der Waals surface area contributed by atoms with Crippen molar-refractivity contribution in [2.75, 3.05) is 0 Å². The van der Waals surface area contributed by atoms with Crippen LogP contribution in [0.3, 0.4) is 0 Å². The Hall–Kier alpha value is -1.31. The van der Waals surface area contributed by atoms with E-state index in [-0.39, 0.29) is 11.9 Å². The molecule has 0 bridgehead atoms. The summed E-state index contributed by atoms with van der Waals surface area (Å²) < 4.78 is 0. The summed E-state index contributed by atoms with van der Waals surface area (Å²) in [4.78, 5) is 11.0. The van der Waals surface area contributed by atoms with E-state index in [2.05, 4.69) is 36.5 Å². The van der Waals surface area contributed by atoms with Gasteiger partial charge >= 0.3 is 0 Å². The Balaban J connectivity index is 2.17. The maximum absolute atomic E-state index is 11.0. The summed E-state index contributed by atoms with van der Waals surface area (Å²) in [7, 11) is 0. The minimum absolute atomic E-state index is 0.172. The standard InChI is InChI=1S/C11H13NO/c1-8-2-4-9(5-3-8)10-6-7-11(13)12-10/h2-5,10H,6-7H2,1H3,(H,12,13). The van der Waals surface area contributed by atoms with Gasteiger partial charge in [-0.1, -0.05) is 29.8 Å². The smallest absolute Gasteiger partial charge is 0.220 e. The second-order valence-corrected chi connectivity index (χ2v) is 3.57. The third-order valence-electron chi connectivity index (χ3n) is 2.48. The molecule has 0 saturated carbocycles. The molecule has 1 saturated heterocycles. The summed E-state index contributed by atoms with van der Waals surface area (Å²) in [6.07, 6.45) is 1.60. The monoisotopic (exact) mass is 175 g/mol. The molecule has 2 heteroatoms. The van der Waals surface area contributed by atoms with Gasteiger partial charge in [-0.25, -0.2) is 0 Å². The van der Waals surface area contributed by atoms with Crippen molar-refractivity contribution in [1.29, 1.82) is 0 Å². The largest absolute Gasteiger partial charge is 0.349 e. The highest BCUT2D eigenvalue weighted by molar-refractivity contribution is 5.78. The lowest BCUT2D eigenvalue weighted by molar-refractivity contribution is -0.119. The van der Waals surface area contributed by atoms with E-state index >= 15 is 0 Å². The Bertz CT molecular complexity index is 315. The Morgan fingerprint density at radius 2 is 2.00 bits per heavy atom. The van der Waals surface area contributed by atoms with E-state index in [1.807, 2.05) is 0 Å². The van der Waals surface area contributed by atoms with Crippen LogP contribution in [0.15, 0.2) is 24.3 Å². The van der Waals surface area contributed by atoms with Gasteiger partial charge in [0.1, 0.15) is 0 Å². The van der Waals surface area contributed by atoms with E-state index in [1.165, 1.54) is 11.1 Å². The highest BCUT2D eigenvalue weighted by Gasteiger charge is 2.21. The van der Waals surface area contributed by atoms with Crippen LogP contribution in [-0.2, 0) is 4.79 Å². The van der Waals surface area contributed by atoms with Gasteiger partial charge < -0.3 is 5.32 Å². The Labute approximate surface area is 78.0 Å². The van der Waals surface area contributed by atoms with Crippen LogP contribution in [0.1, 0.15) is 30.0 Å². The van der Waals surface area contributed by atoms with Gasteiger partial charge in [-0.05, 0) is 18.9 Å². The average Bonchev–Trinajstić information content (AvgIpc) is 2.53. The summed E-state index contributed by atoms with van der Waals surface area (Å²) in [5, 5.41) is 2.95. The van der Waals surface area contributed by atoms with E-state index in [0.717, 1.165) is 6.42 Å². The molecule has 68 valence electrons. The SMILES string of the molecule is Cc1ccc(C2CCC(=O)N2)cc1. The Kier molecular flexibility index (Phi) is 2.05. The Morgan fingerprint density at radius 1 is 1.31 bits per heavy atom. The topological polar surface area (TPSA) is 29.1 Å². The van der Waals surface area contributed by atoms with Crippen LogP contribution >= 0.6 is 0 Å². The Morgan fingerprint density at radius 3 is 2.54 bits per heavy atom. The number of rotatable bonds is 1. The molecule has 1 N–H and O–H groups in total. The number of hydrogen-bond acceptors (Lipinski definition) is 1. The molecule has 1 unspecified atom stereocenters. The van der Waals surface area contributed by atoms with E-state index in [4.69, 9.17) is 0 Å². The molecule has 1 aliphatic heterocycles. The highest BCUT2D eigenvalue weighted by atomic mass is 16.1. The fourth-order valence-corrected chi connectivity index (χ4v) is 1.66. The van der Waals surface area contributed by atoms with Crippen molar-refractivity contribution in [1.82, 2.24) is 5.32 Å². The molecule has 1 atom stereocenters. The van der Waals surface area contributed by atoms with Crippen molar-refractivity contribution in [2.45, 2.75) is 25.8 Å². The van der Waals surface area contributed by atoms with Gasteiger partial charge in [0.05, 0.1) is 6.04 Å². The lowest BCUT2D eigenvalue weighted by Crippen LogP contribution is -2.18. The third-order valence-corrected chi connectivity index (χ3v) is 2.48. The van der Waals surface area contributed by atoms with Crippen LogP contribution in [0.2, 0.25) is 0 Å². The minimum atomic E-state index is 0.172. The van der Waals surface area contributed by atoms with Crippen molar-refractivity contribution >= 4 is 5.91 Å². The maximum Gasteiger partial charge on any atom is 0.220 e. The molecular weight excluding hydrogens is 162 g/mol. The van der Waals surface area contributed by atoms with Crippen LogP contribution in [0.4, 0.5) is 0 Å². The lowest BCUT2D eigenvalue weighted by Gasteiger charge is -2.09. The molecule has 2 rings (SSSR count). The summed E-state index contributed by atoms with van der Waals surface area (Å²) in [5.74, 6) is 0.172. The highest BCUT2D eigenvalue weighted by Crippen LogP contribution is 2.23. The zero-order valence-corrected chi connectivity index (χ0v) is 7.71. The fraction of sp³-hybridized carbons (Fsp3) is 0.364. The molecular formula is C11H13NO. The van der Waals surface area contributed by atoms with Crippen LogP contribution < -0.4 is 5.32 Å². The molecule has 0 aromatic heterocycles. The summed E-state index contributed by atoms with van der Waals surface area (Å²) >= 11 is 0. The van der Waals surface area contributed by atoms with Crippen molar-refractivity contribution in [3.8, 4) is 0 Å². The lowest BCUT2D eigenvalue weighted by atomic mass is 10.0. The fourth-order valence-electron chi connectivity index (χ4n) is 1.66. The molecule has 13 heavy (non-hydrogen) atoms. The molecule has 1 heterocycles. The molecule has 1 fully saturated rings. The van der Waals surface area contributed by atoms with Crippen LogP contribution in [0, 0.1) is 6.92 Å². The average molecular weight is 175 g/mol. The van der Waals surface area contributed by atoms with E-state index in [1.54, 1.807) is 0 Å². The molecule has 2 nitrogen and oxygen atoms in total. The minimum Gasteiger partial charge on any atom is -0.349 e. The molecule has 1 amide bonds. The first kappa shape index (κ1) is 8.30. The van der Waals surface area contributed by atoms with Gasteiger partial charge in [-0.15, -0.1) is 0 Å². The number of amides is 1. The van der Waals surface area contributed by atoms with E-state index < -0.39 is 0 Å². The van der Waals surface area contributed by atoms with Crippen LogP contribution in [0.25, 0.3) is 0 Å². The van der Waals surface area contributed by atoms with Crippen LogP contribution in [0.5, 0.6) is 0 Å².